The van der Waals surface area contributed by atoms with Crippen LogP contribution in [-0.4, -0.2) is 39.8 Å². The number of carbonyl (C=O) groups is 1. The highest BCUT2D eigenvalue weighted by molar-refractivity contribution is 5.98. The average Bonchev–Trinajstić information content (AvgIpc) is 3.01. The Morgan fingerprint density at radius 3 is 2.24 bits per heavy atom. The van der Waals surface area contributed by atoms with Crippen LogP contribution < -0.4 is 15.9 Å². The normalized spacial score (nSPS) is 10.8. The number of nitrogen functional groups attached to an aromatic ring is 1. The van der Waals surface area contributed by atoms with Crippen molar-refractivity contribution in [2.45, 2.75) is 13.1 Å². The lowest BCUT2D eigenvalue weighted by molar-refractivity contribution is -0.384. The largest absolute Gasteiger partial charge is 0.497 e. The summed E-state index contributed by atoms with van der Waals surface area (Å²) in [5.74, 6) is 6.96. The average molecular weight is 553 g/mol. The number of aromatic nitrogens is 3. The van der Waals surface area contributed by atoms with Gasteiger partial charge in [0.1, 0.15) is 11.4 Å². The molecule has 0 aliphatic carbocycles. The van der Waals surface area contributed by atoms with Gasteiger partial charge in [0.05, 0.1) is 31.3 Å². The minimum atomic E-state index is -0.654. The molecule has 1 aromatic heterocycles. The number of nitro groups is 1. The second-order valence-corrected chi connectivity index (χ2v) is 9.19. The number of hydrogen-bond donors (Lipinski definition) is 2. The molecule has 3 N–H and O–H groups in total. The third kappa shape index (κ3) is 5.59. The molecule has 4 aromatic carbocycles. The van der Waals surface area contributed by atoms with E-state index in [0.717, 1.165) is 39.4 Å². The molecule has 208 valence electrons. The SMILES string of the molecule is COC(=O)c1cccc([N+](=O)[O-])c1NCc1ccc(-c2ccccc2-c2nn(N)n2Cc2ccc(OC)cc2)cc1. The van der Waals surface area contributed by atoms with Crippen LogP contribution >= 0.6 is 0 Å². The second kappa shape index (κ2) is 11.7. The van der Waals surface area contributed by atoms with Crippen molar-refractivity contribution in [1.29, 1.82) is 0 Å². The van der Waals surface area contributed by atoms with Crippen LogP contribution in [0.3, 0.4) is 0 Å². The van der Waals surface area contributed by atoms with Crippen LogP contribution in [0.1, 0.15) is 21.5 Å². The topological polar surface area (TPSA) is 139 Å². The maximum absolute atomic E-state index is 12.2. The fourth-order valence-corrected chi connectivity index (χ4v) is 4.59. The molecule has 41 heavy (non-hydrogen) atoms. The van der Waals surface area contributed by atoms with E-state index in [4.69, 9.17) is 15.3 Å². The molecule has 0 fully saturated rings. The number of nitrogens with two attached hydrogens (primary N) is 1. The molecule has 0 aliphatic rings. The number of benzene rings is 4. The molecule has 0 bridgehead atoms. The summed E-state index contributed by atoms with van der Waals surface area (Å²) >= 11 is 0. The van der Waals surface area contributed by atoms with E-state index in [1.807, 2.05) is 77.5 Å². The molecule has 1 heterocycles. The van der Waals surface area contributed by atoms with E-state index in [0.29, 0.717) is 6.54 Å². The van der Waals surface area contributed by atoms with E-state index in [-0.39, 0.29) is 23.5 Å². The van der Waals surface area contributed by atoms with E-state index in [1.54, 1.807) is 7.11 Å². The van der Waals surface area contributed by atoms with Crippen LogP contribution in [0.5, 0.6) is 5.75 Å². The molecule has 0 unspecified atom stereocenters. The molecule has 0 saturated heterocycles. The van der Waals surface area contributed by atoms with E-state index >= 15 is 0 Å². The number of esters is 1. The molecular formula is C30H28N6O5. The number of nitrogens with one attached hydrogen (secondary N) is 1. The third-order valence-electron chi connectivity index (χ3n) is 6.73. The molecule has 5 rings (SSSR count). The lowest BCUT2D eigenvalue weighted by Crippen LogP contribution is -2.34. The number of ether oxygens (including phenoxy) is 2. The molecular weight excluding hydrogens is 524 g/mol. The van der Waals surface area contributed by atoms with Crippen molar-refractivity contribution >= 4 is 17.3 Å². The van der Waals surface area contributed by atoms with Gasteiger partial charge in [-0.2, -0.15) is 0 Å². The molecule has 11 nitrogen and oxygen atoms in total. The Balaban J connectivity index is 1.37. The number of nitro benzene ring substituents is 1. The zero-order valence-electron chi connectivity index (χ0n) is 22.5. The fourth-order valence-electron chi connectivity index (χ4n) is 4.59. The summed E-state index contributed by atoms with van der Waals surface area (Å²) < 4.78 is 11.9. The number of para-hydroxylation sites is 1. The molecule has 0 atom stereocenters. The lowest BCUT2D eigenvalue weighted by Gasteiger charge is -2.23. The summed E-state index contributed by atoms with van der Waals surface area (Å²) in [6.07, 6.45) is 0. The van der Waals surface area contributed by atoms with Gasteiger partial charge in [0.15, 0.2) is 5.82 Å². The minimum Gasteiger partial charge on any atom is -0.497 e. The summed E-state index contributed by atoms with van der Waals surface area (Å²) in [5.41, 5.74) is 4.81. The first-order valence-corrected chi connectivity index (χ1v) is 12.7. The van der Waals surface area contributed by atoms with Gasteiger partial charge in [-0.15, -0.1) is 10.0 Å². The Labute approximate surface area is 235 Å². The molecule has 0 radical (unpaired) electrons. The number of hydrogen-bond acceptors (Lipinski definition) is 8. The van der Waals surface area contributed by atoms with Crippen molar-refractivity contribution in [2.24, 2.45) is 0 Å². The predicted octanol–water partition coefficient (Wildman–Crippen LogP) is 5.10. The van der Waals surface area contributed by atoms with Crippen LogP contribution in [0.15, 0.2) is 91.0 Å². The number of methoxy groups -OCH3 is 2. The van der Waals surface area contributed by atoms with E-state index in [9.17, 15) is 14.9 Å². The standard InChI is InChI=1S/C30H28N6O5/c1-40-23-16-12-21(13-17-23)19-34-29(33-36(34)31)25-7-4-3-6-24(25)22-14-10-20(11-15-22)18-32-28-26(30(37)41-2)8-5-9-27(28)35(38)39/h3-17,32H,18-19,31H2,1-2H3. The van der Waals surface area contributed by atoms with Crippen LogP contribution in [0.4, 0.5) is 11.4 Å². The first-order chi connectivity index (χ1) is 19.9. The highest BCUT2D eigenvalue weighted by Gasteiger charge is 2.22. The van der Waals surface area contributed by atoms with Crippen molar-refractivity contribution in [2.75, 3.05) is 25.4 Å². The van der Waals surface area contributed by atoms with Gasteiger partial charge < -0.3 is 20.6 Å². The molecule has 5 aromatic rings. The van der Waals surface area contributed by atoms with E-state index < -0.39 is 10.9 Å². The van der Waals surface area contributed by atoms with Gasteiger partial charge >= 0.3 is 5.97 Å². The van der Waals surface area contributed by atoms with Crippen molar-refractivity contribution < 1.29 is 19.2 Å². The predicted molar refractivity (Wildman–Crippen MR) is 155 cm³/mol. The Morgan fingerprint density at radius 2 is 1.61 bits per heavy atom. The van der Waals surface area contributed by atoms with Crippen LogP contribution in [0, 0.1) is 10.1 Å². The molecule has 11 heteroatoms. The highest BCUT2D eigenvalue weighted by Crippen LogP contribution is 2.33. The maximum Gasteiger partial charge on any atom is 0.340 e. The number of nitrogens with zero attached hydrogens (tertiary/aromatic N) is 4. The van der Waals surface area contributed by atoms with Gasteiger partial charge in [0.25, 0.3) is 5.69 Å². The number of carbonyl (C=O) groups excluding carboxylic acids is 1. The smallest absolute Gasteiger partial charge is 0.340 e. The van der Waals surface area contributed by atoms with Gasteiger partial charge in [0.2, 0.25) is 0 Å². The highest BCUT2D eigenvalue weighted by atomic mass is 16.6. The molecule has 0 aliphatic heterocycles. The molecule has 0 spiro atoms. The second-order valence-electron chi connectivity index (χ2n) is 9.19. The van der Waals surface area contributed by atoms with Gasteiger partial charge in [-0.05, 0) is 40.5 Å². The summed E-state index contributed by atoms with van der Waals surface area (Å²) in [6, 6.07) is 27.8. The van der Waals surface area contributed by atoms with Crippen LogP contribution in [-0.2, 0) is 17.8 Å². The first-order valence-electron chi connectivity index (χ1n) is 12.7. The summed E-state index contributed by atoms with van der Waals surface area (Å²) in [7, 11) is 2.87. The zero-order chi connectivity index (χ0) is 28.9. The monoisotopic (exact) mass is 552 g/mol. The third-order valence-corrected chi connectivity index (χ3v) is 6.73. The van der Waals surface area contributed by atoms with Crippen molar-refractivity contribution in [3.05, 3.63) is 118 Å². The summed E-state index contributed by atoms with van der Waals surface area (Å²) in [6.45, 7) is 0.804. The number of anilines is 1. The first kappa shape index (κ1) is 27.0. The van der Waals surface area contributed by atoms with E-state index in [1.165, 1.54) is 30.2 Å². The van der Waals surface area contributed by atoms with Crippen LogP contribution in [0.2, 0.25) is 0 Å². The van der Waals surface area contributed by atoms with Gasteiger partial charge in [0, 0.05) is 18.2 Å². The summed E-state index contributed by atoms with van der Waals surface area (Å²) in [5, 5.41) is 19.1. The zero-order valence-corrected chi connectivity index (χ0v) is 22.5. The Morgan fingerprint density at radius 1 is 0.927 bits per heavy atom. The Bertz CT molecular complexity index is 1690. The van der Waals surface area contributed by atoms with Gasteiger partial charge in [-0.3, -0.25) is 10.1 Å². The number of rotatable bonds is 10. The maximum atomic E-state index is 12.2. The summed E-state index contributed by atoms with van der Waals surface area (Å²) in [4.78, 5) is 24.6. The van der Waals surface area contributed by atoms with Gasteiger partial charge in [-0.25, -0.2) is 9.48 Å². The van der Waals surface area contributed by atoms with Crippen molar-refractivity contribution in [1.82, 2.24) is 14.7 Å². The van der Waals surface area contributed by atoms with Gasteiger partial charge in [-0.1, -0.05) is 66.7 Å². The Kier molecular flexibility index (Phi) is 7.68. The van der Waals surface area contributed by atoms with E-state index in [2.05, 4.69) is 10.4 Å². The quantitative estimate of drug-likeness (QED) is 0.106. The van der Waals surface area contributed by atoms with Crippen molar-refractivity contribution in [3.63, 3.8) is 0 Å². The molecule has 0 saturated carbocycles. The lowest BCUT2D eigenvalue weighted by atomic mass is 9.98. The van der Waals surface area contributed by atoms with Crippen molar-refractivity contribution in [3.8, 4) is 28.3 Å². The minimum absolute atomic E-state index is 0.0988. The Hall–Kier alpha value is -5.58. The fraction of sp³-hybridized carbons (Fsp3) is 0.133. The van der Waals surface area contributed by atoms with Crippen LogP contribution in [0.25, 0.3) is 22.5 Å². The molecule has 0 amide bonds.